The summed E-state index contributed by atoms with van der Waals surface area (Å²) in [6.45, 7) is 2.92. The van der Waals surface area contributed by atoms with Crippen molar-refractivity contribution < 1.29 is 9.18 Å². The zero-order chi connectivity index (χ0) is 23.8. The van der Waals surface area contributed by atoms with E-state index in [0.717, 1.165) is 5.56 Å². The molecule has 6 heteroatoms. The van der Waals surface area contributed by atoms with E-state index in [1.54, 1.807) is 17.0 Å². The van der Waals surface area contributed by atoms with Crippen LogP contribution < -0.4 is 5.32 Å². The number of benzene rings is 3. The van der Waals surface area contributed by atoms with E-state index in [9.17, 15) is 14.4 Å². The molecule has 1 fully saturated rings. The van der Waals surface area contributed by atoms with Crippen LogP contribution in [0.4, 0.5) is 4.39 Å². The molecule has 1 aliphatic heterocycles. The standard InChI is InChI=1S/C28H27FN4O/c29-26-13-11-22(12-14-26)20-31-21-25(19-30)28(34)33-17-15-32(16-18-33)27(23-7-3-1-4-8-23)24-9-5-2-6-10-24/h1-14,21,27,31H,15-18,20H2/b25-21-. The van der Waals surface area contributed by atoms with E-state index < -0.39 is 0 Å². The summed E-state index contributed by atoms with van der Waals surface area (Å²) in [7, 11) is 0. The van der Waals surface area contributed by atoms with Crippen LogP contribution in [-0.4, -0.2) is 41.9 Å². The first kappa shape index (κ1) is 23.2. The van der Waals surface area contributed by atoms with Gasteiger partial charge in [0.25, 0.3) is 5.91 Å². The number of nitriles is 1. The fourth-order valence-electron chi connectivity index (χ4n) is 4.25. The summed E-state index contributed by atoms with van der Waals surface area (Å²) in [4.78, 5) is 17.1. The van der Waals surface area contributed by atoms with Crippen molar-refractivity contribution in [3.05, 3.63) is 119 Å². The number of carbonyl (C=O) groups excluding carboxylic acids is 1. The maximum absolute atomic E-state index is 13.0. The van der Waals surface area contributed by atoms with Crippen LogP contribution in [0.2, 0.25) is 0 Å². The van der Waals surface area contributed by atoms with Crippen LogP contribution >= 0.6 is 0 Å². The Kier molecular flexibility index (Phi) is 7.69. The Bertz CT molecular complexity index is 1110. The summed E-state index contributed by atoms with van der Waals surface area (Å²) >= 11 is 0. The van der Waals surface area contributed by atoms with Crippen LogP contribution in [0, 0.1) is 17.1 Å². The molecular weight excluding hydrogens is 427 g/mol. The third-order valence-electron chi connectivity index (χ3n) is 6.01. The second kappa shape index (κ2) is 11.3. The molecule has 3 aromatic carbocycles. The lowest BCUT2D eigenvalue weighted by Gasteiger charge is -2.39. The maximum Gasteiger partial charge on any atom is 0.266 e. The van der Waals surface area contributed by atoms with Crippen LogP contribution in [0.1, 0.15) is 22.7 Å². The fraction of sp³-hybridized carbons (Fsp3) is 0.214. The highest BCUT2D eigenvalue weighted by molar-refractivity contribution is 5.97. The minimum atomic E-state index is -0.298. The van der Waals surface area contributed by atoms with Crippen LogP contribution in [0.25, 0.3) is 0 Å². The molecule has 4 rings (SSSR count). The third kappa shape index (κ3) is 5.69. The van der Waals surface area contributed by atoms with Crippen LogP contribution in [0.3, 0.4) is 0 Å². The predicted octanol–water partition coefficient (Wildman–Crippen LogP) is 4.26. The zero-order valence-electron chi connectivity index (χ0n) is 18.9. The second-order valence-corrected chi connectivity index (χ2v) is 8.23. The van der Waals surface area contributed by atoms with Gasteiger partial charge in [0.05, 0.1) is 6.04 Å². The molecule has 172 valence electrons. The van der Waals surface area contributed by atoms with E-state index in [1.807, 2.05) is 42.5 Å². The van der Waals surface area contributed by atoms with E-state index in [-0.39, 0.29) is 23.3 Å². The Labute approximate surface area is 199 Å². The summed E-state index contributed by atoms with van der Waals surface area (Å²) in [5.41, 5.74) is 3.37. The maximum atomic E-state index is 13.0. The quantitative estimate of drug-likeness (QED) is 0.428. The van der Waals surface area contributed by atoms with Crippen molar-refractivity contribution in [2.75, 3.05) is 26.2 Å². The Morgan fingerprint density at radius 2 is 1.47 bits per heavy atom. The summed E-state index contributed by atoms with van der Waals surface area (Å²) in [5.74, 6) is -0.571. The fourth-order valence-corrected chi connectivity index (χ4v) is 4.25. The minimum Gasteiger partial charge on any atom is -0.386 e. The molecule has 1 amide bonds. The van der Waals surface area contributed by atoms with Gasteiger partial charge in [0.15, 0.2) is 0 Å². The molecule has 1 aliphatic rings. The van der Waals surface area contributed by atoms with E-state index in [2.05, 4.69) is 34.5 Å². The molecule has 0 bridgehead atoms. The molecule has 34 heavy (non-hydrogen) atoms. The number of amides is 1. The molecule has 0 atom stereocenters. The summed E-state index contributed by atoms with van der Waals surface area (Å²) in [6.07, 6.45) is 1.45. The molecule has 0 aliphatic carbocycles. The molecule has 0 spiro atoms. The largest absolute Gasteiger partial charge is 0.386 e. The van der Waals surface area contributed by atoms with Crippen LogP contribution in [-0.2, 0) is 11.3 Å². The van der Waals surface area contributed by atoms with E-state index in [4.69, 9.17) is 0 Å². The number of nitrogens with zero attached hydrogens (tertiary/aromatic N) is 3. The molecule has 1 heterocycles. The van der Waals surface area contributed by atoms with Crippen molar-refractivity contribution in [2.45, 2.75) is 12.6 Å². The topological polar surface area (TPSA) is 59.4 Å². The number of nitrogens with one attached hydrogen (secondary N) is 1. The Hall–Kier alpha value is -3.95. The molecule has 0 saturated carbocycles. The van der Waals surface area contributed by atoms with E-state index in [0.29, 0.717) is 32.7 Å². The van der Waals surface area contributed by atoms with E-state index >= 15 is 0 Å². The molecule has 0 radical (unpaired) electrons. The Balaban J connectivity index is 1.39. The number of piperazine rings is 1. The number of rotatable bonds is 7. The molecule has 1 saturated heterocycles. The SMILES string of the molecule is N#C/C(=C/NCc1ccc(F)cc1)C(=O)N1CCN(C(c2ccccc2)c2ccccc2)CC1. The smallest absolute Gasteiger partial charge is 0.266 e. The van der Waals surface area contributed by atoms with Gasteiger partial charge in [-0.2, -0.15) is 5.26 Å². The van der Waals surface area contributed by atoms with Gasteiger partial charge in [-0.05, 0) is 28.8 Å². The summed E-state index contributed by atoms with van der Waals surface area (Å²) in [5, 5.41) is 12.5. The number of halogens is 1. The average Bonchev–Trinajstić information content (AvgIpc) is 2.89. The number of hydrogen-bond acceptors (Lipinski definition) is 4. The van der Waals surface area contributed by atoms with E-state index in [1.165, 1.54) is 29.5 Å². The van der Waals surface area contributed by atoms with Gasteiger partial charge in [-0.1, -0.05) is 72.8 Å². The predicted molar refractivity (Wildman–Crippen MR) is 130 cm³/mol. The minimum absolute atomic E-state index is 0.0678. The van der Waals surface area contributed by atoms with Gasteiger partial charge in [-0.15, -0.1) is 0 Å². The normalized spacial score (nSPS) is 14.6. The molecule has 0 aromatic heterocycles. The second-order valence-electron chi connectivity index (χ2n) is 8.23. The van der Waals surface area contributed by atoms with Crippen molar-refractivity contribution in [1.29, 1.82) is 5.26 Å². The van der Waals surface area contributed by atoms with Crippen molar-refractivity contribution in [2.24, 2.45) is 0 Å². The molecule has 1 N–H and O–H groups in total. The lowest BCUT2D eigenvalue weighted by atomic mass is 9.96. The highest BCUT2D eigenvalue weighted by Gasteiger charge is 2.29. The number of carbonyl (C=O) groups is 1. The molecule has 0 unspecified atom stereocenters. The summed E-state index contributed by atoms with van der Waals surface area (Å²) < 4.78 is 13.0. The van der Waals surface area contributed by atoms with Crippen molar-refractivity contribution >= 4 is 5.91 Å². The average molecular weight is 455 g/mol. The molecule has 3 aromatic rings. The van der Waals surface area contributed by atoms with Gasteiger partial charge in [0.2, 0.25) is 0 Å². The summed E-state index contributed by atoms with van der Waals surface area (Å²) in [6, 6.07) is 29.0. The monoisotopic (exact) mass is 454 g/mol. The van der Waals surface area contributed by atoms with Crippen LogP contribution in [0.15, 0.2) is 96.7 Å². The first-order chi connectivity index (χ1) is 16.7. The first-order valence-electron chi connectivity index (χ1n) is 11.4. The zero-order valence-corrected chi connectivity index (χ0v) is 18.9. The molecular formula is C28H27FN4O. The first-order valence-corrected chi connectivity index (χ1v) is 11.4. The van der Waals surface area contributed by atoms with Crippen molar-refractivity contribution in [3.63, 3.8) is 0 Å². The Morgan fingerprint density at radius 3 is 2.00 bits per heavy atom. The van der Waals surface area contributed by atoms with Crippen molar-refractivity contribution in [3.8, 4) is 6.07 Å². The molecule has 5 nitrogen and oxygen atoms in total. The Morgan fingerprint density at radius 1 is 0.912 bits per heavy atom. The third-order valence-corrected chi connectivity index (χ3v) is 6.01. The van der Waals surface area contributed by atoms with Gasteiger partial charge < -0.3 is 10.2 Å². The lowest BCUT2D eigenvalue weighted by molar-refractivity contribution is -0.128. The van der Waals surface area contributed by atoms with Crippen LogP contribution in [0.5, 0.6) is 0 Å². The van der Waals surface area contributed by atoms with Gasteiger partial charge in [-0.25, -0.2) is 4.39 Å². The van der Waals surface area contributed by atoms with Gasteiger partial charge in [0.1, 0.15) is 17.5 Å². The number of hydrogen-bond donors (Lipinski definition) is 1. The highest BCUT2D eigenvalue weighted by Crippen LogP contribution is 2.29. The van der Waals surface area contributed by atoms with Gasteiger partial charge in [0, 0.05) is 38.9 Å². The lowest BCUT2D eigenvalue weighted by Crippen LogP contribution is -2.50. The van der Waals surface area contributed by atoms with Gasteiger partial charge in [-0.3, -0.25) is 9.69 Å². The van der Waals surface area contributed by atoms with Crippen molar-refractivity contribution in [1.82, 2.24) is 15.1 Å². The highest BCUT2D eigenvalue weighted by atomic mass is 19.1. The van der Waals surface area contributed by atoms with Gasteiger partial charge >= 0.3 is 0 Å².